The van der Waals surface area contributed by atoms with Gasteiger partial charge in [-0.05, 0) is 38.5 Å². The Balaban J connectivity index is 2.06. The van der Waals surface area contributed by atoms with Gasteiger partial charge in [-0.2, -0.15) is 0 Å². The Morgan fingerprint density at radius 3 is 2.95 bits per heavy atom. The number of amides is 1. The first-order valence-electron chi connectivity index (χ1n) is 6.95. The minimum atomic E-state index is -0.417. The molecule has 1 atom stereocenters. The molecular formula is C15H20N2O3. The summed E-state index contributed by atoms with van der Waals surface area (Å²) in [4.78, 5) is 25.1. The quantitative estimate of drug-likeness (QED) is 0.837. The maximum Gasteiger partial charge on any atom is 0.328 e. The fraction of sp³-hybridized carbons (Fsp3) is 0.467. The zero-order valence-electron chi connectivity index (χ0n) is 11.9. The van der Waals surface area contributed by atoms with Crippen LogP contribution < -0.4 is 10.2 Å². The van der Waals surface area contributed by atoms with Gasteiger partial charge in [0.05, 0.1) is 6.61 Å². The van der Waals surface area contributed by atoms with Crippen LogP contribution >= 0.6 is 0 Å². The molecule has 1 aliphatic heterocycles. The largest absolute Gasteiger partial charge is 0.464 e. The number of hydrogen-bond donors (Lipinski definition) is 1. The Morgan fingerprint density at radius 2 is 2.30 bits per heavy atom. The van der Waals surface area contributed by atoms with Crippen LogP contribution in [0, 0.1) is 0 Å². The van der Waals surface area contributed by atoms with Crippen molar-refractivity contribution in [2.45, 2.75) is 32.7 Å². The second-order valence-corrected chi connectivity index (χ2v) is 4.82. The number of rotatable bonds is 5. The molecule has 1 fully saturated rings. The molecule has 1 saturated heterocycles. The molecule has 5 nitrogen and oxygen atoms in total. The fourth-order valence-electron chi connectivity index (χ4n) is 2.26. The van der Waals surface area contributed by atoms with Gasteiger partial charge in [0.1, 0.15) is 6.04 Å². The molecule has 2 rings (SSSR count). The first-order chi connectivity index (χ1) is 9.61. The van der Waals surface area contributed by atoms with E-state index in [2.05, 4.69) is 5.32 Å². The maximum absolute atomic E-state index is 11.7. The summed E-state index contributed by atoms with van der Waals surface area (Å²) in [6, 6.07) is 7.13. The standard InChI is InChI=1S/C15H20N2O3/c1-3-20-15(19)11(2)16-12-6-4-7-13(10-12)17-9-5-8-14(17)18/h4,6-7,10-11,16H,3,5,8-9H2,1-2H3. The van der Waals surface area contributed by atoms with Crippen LogP contribution in [0.3, 0.4) is 0 Å². The van der Waals surface area contributed by atoms with Crippen molar-refractivity contribution < 1.29 is 14.3 Å². The Hall–Kier alpha value is -2.04. The molecule has 1 heterocycles. The first-order valence-corrected chi connectivity index (χ1v) is 6.95. The predicted molar refractivity (Wildman–Crippen MR) is 77.7 cm³/mol. The van der Waals surface area contributed by atoms with E-state index in [9.17, 15) is 9.59 Å². The highest BCUT2D eigenvalue weighted by Crippen LogP contribution is 2.24. The number of ether oxygens (including phenoxy) is 1. The van der Waals surface area contributed by atoms with Gasteiger partial charge in [-0.15, -0.1) is 0 Å². The molecule has 1 aromatic carbocycles. The van der Waals surface area contributed by atoms with Gasteiger partial charge in [0.2, 0.25) is 5.91 Å². The van der Waals surface area contributed by atoms with Gasteiger partial charge in [-0.3, -0.25) is 4.79 Å². The van der Waals surface area contributed by atoms with E-state index >= 15 is 0 Å². The normalized spacial score (nSPS) is 16.1. The molecule has 20 heavy (non-hydrogen) atoms. The summed E-state index contributed by atoms with van der Waals surface area (Å²) in [6.45, 7) is 4.67. The molecule has 0 spiro atoms. The van der Waals surface area contributed by atoms with Crippen LogP contribution in [0.5, 0.6) is 0 Å². The summed E-state index contributed by atoms with van der Waals surface area (Å²) in [7, 11) is 0. The summed E-state index contributed by atoms with van der Waals surface area (Å²) in [5.41, 5.74) is 1.68. The summed E-state index contributed by atoms with van der Waals surface area (Å²) < 4.78 is 4.96. The Morgan fingerprint density at radius 1 is 1.50 bits per heavy atom. The van der Waals surface area contributed by atoms with E-state index < -0.39 is 6.04 Å². The number of esters is 1. The lowest BCUT2D eigenvalue weighted by Gasteiger charge is -2.18. The highest BCUT2D eigenvalue weighted by Gasteiger charge is 2.22. The van der Waals surface area contributed by atoms with Crippen LogP contribution in [0.4, 0.5) is 11.4 Å². The van der Waals surface area contributed by atoms with Crippen LogP contribution in [0.1, 0.15) is 26.7 Å². The maximum atomic E-state index is 11.7. The van der Waals surface area contributed by atoms with Gasteiger partial charge < -0.3 is 15.0 Å². The van der Waals surface area contributed by atoms with Crippen LogP contribution in [-0.4, -0.2) is 31.1 Å². The lowest BCUT2D eigenvalue weighted by molar-refractivity contribution is -0.143. The molecule has 0 radical (unpaired) electrons. The van der Waals surface area contributed by atoms with Crippen molar-refractivity contribution >= 4 is 23.3 Å². The smallest absolute Gasteiger partial charge is 0.328 e. The number of carbonyl (C=O) groups is 2. The van der Waals surface area contributed by atoms with Gasteiger partial charge >= 0.3 is 5.97 Å². The lowest BCUT2D eigenvalue weighted by Crippen LogP contribution is -2.28. The van der Waals surface area contributed by atoms with E-state index in [0.717, 1.165) is 24.3 Å². The molecule has 0 bridgehead atoms. The number of anilines is 2. The fourth-order valence-corrected chi connectivity index (χ4v) is 2.26. The van der Waals surface area contributed by atoms with Crippen molar-refractivity contribution in [3.8, 4) is 0 Å². The molecule has 108 valence electrons. The molecule has 1 aliphatic rings. The zero-order valence-corrected chi connectivity index (χ0v) is 11.9. The van der Waals surface area contributed by atoms with Gasteiger partial charge in [-0.25, -0.2) is 4.79 Å². The molecule has 1 amide bonds. The van der Waals surface area contributed by atoms with Crippen molar-refractivity contribution in [1.29, 1.82) is 0 Å². The monoisotopic (exact) mass is 276 g/mol. The van der Waals surface area contributed by atoms with Gasteiger partial charge in [0.15, 0.2) is 0 Å². The minimum absolute atomic E-state index is 0.153. The average molecular weight is 276 g/mol. The zero-order chi connectivity index (χ0) is 14.5. The summed E-state index contributed by atoms with van der Waals surface area (Å²) in [5.74, 6) is -0.129. The molecule has 0 saturated carbocycles. The SMILES string of the molecule is CCOC(=O)C(C)Nc1cccc(N2CCCC2=O)c1. The van der Waals surface area contributed by atoms with E-state index in [-0.39, 0.29) is 11.9 Å². The molecule has 0 aromatic heterocycles. The van der Waals surface area contributed by atoms with E-state index in [1.54, 1.807) is 18.7 Å². The van der Waals surface area contributed by atoms with E-state index in [1.165, 1.54) is 0 Å². The Bertz CT molecular complexity index is 502. The van der Waals surface area contributed by atoms with Crippen molar-refractivity contribution in [2.75, 3.05) is 23.4 Å². The van der Waals surface area contributed by atoms with Crippen molar-refractivity contribution in [3.05, 3.63) is 24.3 Å². The third-order valence-electron chi connectivity index (χ3n) is 3.25. The number of benzene rings is 1. The second-order valence-electron chi connectivity index (χ2n) is 4.82. The average Bonchev–Trinajstić information content (AvgIpc) is 2.85. The van der Waals surface area contributed by atoms with E-state index in [4.69, 9.17) is 4.74 Å². The first kappa shape index (κ1) is 14.4. The number of hydrogen-bond acceptors (Lipinski definition) is 4. The summed E-state index contributed by atoms with van der Waals surface area (Å²) >= 11 is 0. The molecule has 5 heteroatoms. The van der Waals surface area contributed by atoms with E-state index in [0.29, 0.717) is 13.0 Å². The molecule has 1 unspecified atom stereocenters. The number of nitrogens with one attached hydrogen (secondary N) is 1. The number of nitrogens with zero attached hydrogens (tertiary/aromatic N) is 1. The third-order valence-corrected chi connectivity index (χ3v) is 3.25. The summed E-state index contributed by atoms with van der Waals surface area (Å²) in [5, 5.41) is 3.09. The van der Waals surface area contributed by atoms with Crippen molar-refractivity contribution in [3.63, 3.8) is 0 Å². The van der Waals surface area contributed by atoms with E-state index in [1.807, 2.05) is 24.3 Å². The van der Waals surface area contributed by atoms with Gasteiger partial charge in [0.25, 0.3) is 0 Å². The topological polar surface area (TPSA) is 58.6 Å². The van der Waals surface area contributed by atoms with Crippen LogP contribution in [-0.2, 0) is 14.3 Å². The molecule has 0 aliphatic carbocycles. The lowest BCUT2D eigenvalue weighted by atomic mass is 10.2. The minimum Gasteiger partial charge on any atom is -0.464 e. The highest BCUT2D eigenvalue weighted by molar-refractivity contribution is 5.95. The molecular weight excluding hydrogens is 256 g/mol. The second kappa shape index (κ2) is 6.41. The highest BCUT2D eigenvalue weighted by atomic mass is 16.5. The summed E-state index contributed by atoms with van der Waals surface area (Å²) in [6.07, 6.45) is 1.51. The number of carbonyl (C=O) groups excluding carboxylic acids is 2. The molecule has 1 aromatic rings. The Labute approximate surface area is 118 Å². The third kappa shape index (κ3) is 3.29. The molecule has 1 N–H and O–H groups in total. The van der Waals surface area contributed by atoms with Gasteiger partial charge in [-0.1, -0.05) is 6.07 Å². The van der Waals surface area contributed by atoms with Gasteiger partial charge in [0, 0.05) is 24.3 Å². The van der Waals surface area contributed by atoms with Crippen molar-refractivity contribution in [1.82, 2.24) is 0 Å². The van der Waals surface area contributed by atoms with Crippen LogP contribution in [0.2, 0.25) is 0 Å². The van der Waals surface area contributed by atoms with Crippen LogP contribution in [0.25, 0.3) is 0 Å². The predicted octanol–water partition coefficient (Wildman–Crippen LogP) is 2.18. The Kier molecular flexibility index (Phi) is 4.61. The van der Waals surface area contributed by atoms with Crippen molar-refractivity contribution in [2.24, 2.45) is 0 Å². The van der Waals surface area contributed by atoms with Crippen LogP contribution in [0.15, 0.2) is 24.3 Å².